The summed E-state index contributed by atoms with van der Waals surface area (Å²) in [6.07, 6.45) is 4.68. The Balaban J connectivity index is 1.95. The molecule has 0 unspecified atom stereocenters. The van der Waals surface area contributed by atoms with Crippen LogP contribution in [0, 0.1) is 0 Å². The molecular weight excluding hydrogens is 373 g/mol. The summed E-state index contributed by atoms with van der Waals surface area (Å²) >= 11 is 12.1. The number of amides is 1. The number of hydrogen-bond acceptors (Lipinski definition) is 3. The number of nitrogens with one attached hydrogen (secondary N) is 1. The number of rotatable bonds is 7. The van der Waals surface area contributed by atoms with Crippen molar-refractivity contribution in [2.24, 2.45) is 0 Å². The average Bonchev–Trinajstić information content (AvgIpc) is 3.30. The van der Waals surface area contributed by atoms with E-state index in [-0.39, 0.29) is 5.91 Å². The third kappa shape index (κ3) is 4.11. The molecule has 7 heteroatoms. The van der Waals surface area contributed by atoms with Gasteiger partial charge in [-0.15, -0.1) is 0 Å². The van der Waals surface area contributed by atoms with E-state index in [2.05, 4.69) is 17.3 Å². The van der Waals surface area contributed by atoms with Gasteiger partial charge in [-0.1, -0.05) is 43.0 Å². The molecule has 5 nitrogen and oxygen atoms in total. The van der Waals surface area contributed by atoms with Crippen molar-refractivity contribution in [2.45, 2.75) is 26.2 Å². The third-order valence-electron chi connectivity index (χ3n) is 3.93. The minimum Gasteiger partial charge on any atom is -0.463 e. The van der Waals surface area contributed by atoms with Gasteiger partial charge in [-0.2, -0.15) is 5.10 Å². The minimum atomic E-state index is -0.197. The molecule has 136 valence electrons. The van der Waals surface area contributed by atoms with Crippen molar-refractivity contribution in [2.75, 3.05) is 6.54 Å². The van der Waals surface area contributed by atoms with Gasteiger partial charge in [-0.3, -0.25) is 4.79 Å². The monoisotopic (exact) mass is 391 g/mol. The summed E-state index contributed by atoms with van der Waals surface area (Å²) in [5, 5.41) is 8.30. The molecule has 26 heavy (non-hydrogen) atoms. The zero-order valence-electron chi connectivity index (χ0n) is 14.3. The van der Waals surface area contributed by atoms with E-state index < -0.39 is 0 Å². The van der Waals surface area contributed by atoms with Crippen LogP contribution in [-0.2, 0) is 0 Å². The standard InChI is InChI=1S/C19H19Cl2N3O2/c1-2-3-4-9-22-19(25)17-12-16(18-6-5-10-26-18)23-24(17)13-7-8-14(20)15(21)11-13/h5-8,10-12H,2-4,9H2,1H3,(H,22,25). The van der Waals surface area contributed by atoms with Crippen LogP contribution < -0.4 is 5.32 Å². The number of hydrogen-bond donors (Lipinski definition) is 1. The fourth-order valence-electron chi connectivity index (χ4n) is 2.57. The Hall–Kier alpha value is -2.24. The largest absolute Gasteiger partial charge is 0.463 e. The highest BCUT2D eigenvalue weighted by Crippen LogP contribution is 2.27. The highest BCUT2D eigenvalue weighted by Gasteiger charge is 2.19. The first kappa shape index (κ1) is 18.5. The van der Waals surface area contributed by atoms with Crippen LogP contribution in [0.25, 0.3) is 17.1 Å². The van der Waals surface area contributed by atoms with Gasteiger partial charge in [-0.05, 0) is 36.8 Å². The van der Waals surface area contributed by atoms with E-state index in [4.69, 9.17) is 27.6 Å². The Morgan fingerprint density at radius 3 is 2.73 bits per heavy atom. The molecule has 0 aliphatic heterocycles. The van der Waals surface area contributed by atoms with E-state index in [1.807, 2.05) is 0 Å². The first-order valence-electron chi connectivity index (χ1n) is 8.47. The maximum atomic E-state index is 12.7. The van der Waals surface area contributed by atoms with E-state index in [1.165, 1.54) is 0 Å². The lowest BCUT2D eigenvalue weighted by atomic mass is 10.2. The molecule has 0 fully saturated rings. The molecule has 0 saturated carbocycles. The van der Waals surface area contributed by atoms with Crippen LogP contribution in [0.15, 0.2) is 47.1 Å². The van der Waals surface area contributed by atoms with Gasteiger partial charge in [-0.25, -0.2) is 4.68 Å². The fraction of sp³-hybridized carbons (Fsp3) is 0.263. The summed E-state index contributed by atoms with van der Waals surface area (Å²) in [5.41, 5.74) is 1.63. The fourth-order valence-corrected chi connectivity index (χ4v) is 2.86. The Kier molecular flexibility index (Phi) is 6.01. The summed E-state index contributed by atoms with van der Waals surface area (Å²) in [4.78, 5) is 12.7. The average molecular weight is 392 g/mol. The normalized spacial score (nSPS) is 10.9. The molecule has 0 bridgehead atoms. The van der Waals surface area contributed by atoms with Crippen molar-refractivity contribution in [3.8, 4) is 17.1 Å². The minimum absolute atomic E-state index is 0.197. The zero-order chi connectivity index (χ0) is 18.5. The predicted octanol–water partition coefficient (Wildman–Crippen LogP) is 5.36. The van der Waals surface area contributed by atoms with Gasteiger partial charge in [0, 0.05) is 12.6 Å². The summed E-state index contributed by atoms with van der Waals surface area (Å²) in [6.45, 7) is 2.74. The molecule has 1 amide bonds. The highest BCUT2D eigenvalue weighted by molar-refractivity contribution is 6.42. The van der Waals surface area contributed by atoms with Gasteiger partial charge < -0.3 is 9.73 Å². The quantitative estimate of drug-likeness (QED) is 0.551. The Bertz CT molecular complexity index is 888. The Morgan fingerprint density at radius 1 is 1.19 bits per heavy atom. The van der Waals surface area contributed by atoms with E-state index in [0.717, 1.165) is 19.3 Å². The van der Waals surface area contributed by atoms with Crippen LogP contribution >= 0.6 is 23.2 Å². The van der Waals surface area contributed by atoms with E-state index in [1.54, 1.807) is 47.3 Å². The first-order valence-corrected chi connectivity index (χ1v) is 9.23. The number of unbranched alkanes of at least 4 members (excludes halogenated alkanes) is 2. The number of furan rings is 1. The second kappa shape index (κ2) is 8.43. The number of carbonyl (C=O) groups is 1. The number of aromatic nitrogens is 2. The van der Waals surface area contributed by atoms with Crippen LogP contribution in [0.4, 0.5) is 0 Å². The van der Waals surface area contributed by atoms with Crippen LogP contribution in [0.5, 0.6) is 0 Å². The zero-order valence-corrected chi connectivity index (χ0v) is 15.8. The maximum Gasteiger partial charge on any atom is 0.270 e. The number of halogens is 2. The van der Waals surface area contributed by atoms with Crippen molar-refractivity contribution >= 4 is 29.1 Å². The summed E-state index contributed by atoms with van der Waals surface area (Å²) in [6, 6.07) is 10.4. The predicted molar refractivity (Wildman–Crippen MR) is 103 cm³/mol. The molecule has 2 heterocycles. The van der Waals surface area contributed by atoms with Gasteiger partial charge >= 0.3 is 0 Å². The van der Waals surface area contributed by atoms with E-state index >= 15 is 0 Å². The molecule has 3 rings (SSSR count). The van der Waals surface area contributed by atoms with Gasteiger partial charge in [0.2, 0.25) is 0 Å². The first-order chi connectivity index (χ1) is 12.6. The van der Waals surface area contributed by atoms with Crippen molar-refractivity contribution < 1.29 is 9.21 Å². The molecule has 1 N–H and O–H groups in total. The molecular formula is C19H19Cl2N3O2. The van der Waals surface area contributed by atoms with Gasteiger partial charge in [0.25, 0.3) is 5.91 Å². The Morgan fingerprint density at radius 2 is 2.04 bits per heavy atom. The smallest absolute Gasteiger partial charge is 0.270 e. The summed E-state index contributed by atoms with van der Waals surface area (Å²) < 4.78 is 6.96. The number of carbonyl (C=O) groups excluding carboxylic acids is 1. The van der Waals surface area contributed by atoms with Crippen LogP contribution in [0.2, 0.25) is 10.0 Å². The van der Waals surface area contributed by atoms with Crippen molar-refractivity contribution in [3.63, 3.8) is 0 Å². The molecule has 0 aliphatic carbocycles. The molecule has 1 aromatic carbocycles. The molecule has 2 aromatic heterocycles. The molecule has 0 radical (unpaired) electrons. The second-order valence-electron chi connectivity index (χ2n) is 5.87. The van der Waals surface area contributed by atoms with Gasteiger partial charge in [0.15, 0.2) is 5.76 Å². The lowest BCUT2D eigenvalue weighted by molar-refractivity contribution is 0.0945. The molecule has 0 atom stereocenters. The third-order valence-corrected chi connectivity index (χ3v) is 4.67. The molecule has 0 saturated heterocycles. The van der Waals surface area contributed by atoms with Crippen LogP contribution in [0.1, 0.15) is 36.7 Å². The number of nitrogens with zero attached hydrogens (tertiary/aromatic N) is 2. The van der Waals surface area contributed by atoms with Gasteiger partial charge in [0.05, 0.1) is 22.0 Å². The lowest BCUT2D eigenvalue weighted by Gasteiger charge is -2.09. The van der Waals surface area contributed by atoms with Crippen molar-refractivity contribution in [1.82, 2.24) is 15.1 Å². The van der Waals surface area contributed by atoms with Crippen LogP contribution in [0.3, 0.4) is 0 Å². The Labute approximate surface area is 161 Å². The molecule has 3 aromatic rings. The summed E-state index contributed by atoms with van der Waals surface area (Å²) in [5.74, 6) is 0.390. The molecule has 0 aliphatic rings. The van der Waals surface area contributed by atoms with Crippen LogP contribution in [-0.4, -0.2) is 22.2 Å². The molecule has 0 spiro atoms. The lowest BCUT2D eigenvalue weighted by Crippen LogP contribution is -2.26. The summed E-state index contributed by atoms with van der Waals surface area (Å²) in [7, 11) is 0. The second-order valence-corrected chi connectivity index (χ2v) is 6.68. The van der Waals surface area contributed by atoms with Crippen molar-refractivity contribution in [1.29, 1.82) is 0 Å². The van der Waals surface area contributed by atoms with E-state index in [9.17, 15) is 4.79 Å². The number of benzene rings is 1. The highest BCUT2D eigenvalue weighted by atomic mass is 35.5. The van der Waals surface area contributed by atoms with E-state index in [0.29, 0.717) is 39.4 Å². The van der Waals surface area contributed by atoms with Gasteiger partial charge in [0.1, 0.15) is 11.4 Å². The SMILES string of the molecule is CCCCCNC(=O)c1cc(-c2ccco2)nn1-c1ccc(Cl)c(Cl)c1. The topological polar surface area (TPSA) is 60.1 Å². The maximum absolute atomic E-state index is 12.7. The van der Waals surface area contributed by atoms with Crippen molar-refractivity contribution in [3.05, 3.63) is 58.4 Å².